The number of benzene rings is 1. The highest BCUT2D eigenvalue weighted by atomic mass is 19.1. The number of Topliss-reactive ketones (excluding diaryl/α,β-unsaturated/α-hetero) is 1. The Balaban J connectivity index is 1.86. The van der Waals surface area contributed by atoms with Crippen LogP contribution in [0.1, 0.15) is 38.3 Å². The molecule has 1 aliphatic rings. The summed E-state index contributed by atoms with van der Waals surface area (Å²) in [7, 11) is 0. The summed E-state index contributed by atoms with van der Waals surface area (Å²) < 4.78 is 23.7. The number of hydrogen-bond donors (Lipinski definition) is 1. The quantitative estimate of drug-likeness (QED) is 0.884. The van der Waals surface area contributed by atoms with Crippen molar-refractivity contribution >= 4 is 11.9 Å². The van der Waals surface area contributed by atoms with Crippen LogP contribution >= 0.6 is 0 Å². The molecule has 1 aromatic rings. The summed E-state index contributed by atoms with van der Waals surface area (Å²) in [4.78, 5) is 23.1. The summed E-state index contributed by atoms with van der Waals surface area (Å²) in [6.07, 6.45) is 1.55. The van der Waals surface area contributed by atoms with Gasteiger partial charge in [-0.3, -0.25) is 4.79 Å². The van der Waals surface area contributed by atoms with E-state index in [0.29, 0.717) is 24.9 Å². The summed E-state index contributed by atoms with van der Waals surface area (Å²) in [5.74, 6) is 0.792. The number of fused-ring (bicyclic) bond motifs is 1. The van der Waals surface area contributed by atoms with E-state index < -0.39 is 11.7 Å². The molecule has 1 aliphatic carbocycles. The van der Waals surface area contributed by atoms with Crippen molar-refractivity contribution in [3.63, 3.8) is 0 Å². The molecule has 136 valence electrons. The lowest BCUT2D eigenvalue weighted by molar-refractivity contribution is -0.118. The molecule has 0 atom stereocenters. The van der Waals surface area contributed by atoms with E-state index in [1.54, 1.807) is 20.8 Å². The number of alkyl carbamates (subject to hydrolysis) is 1. The van der Waals surface area contributed by atoms with Crippen LogP contribution in [-0.2, 0) is 22.4 Å². The van der Waals surface area contributed by atoms with Crippen LogP contribution in [0.3, 0.4) is 0 Å². The summed E-state index contributed by atoms with van der Waals surface area (Å²) in [5.41, 5.74) is 1.78. The van der Waals surface area contributed by atoms with Gasteiger partial charge in [-0.05, 0) is 50.5 Å². The van der Waals surface area contributed by atoms with Gasteiger partial charge in [0.25, 0.3) is 0 Å². The first-order chi connectivity index (χ1) is 11.8. The highest BCUT2D eigenvalue weighted by Gasteiger charge is 2.17. The monoisotopic (exact) mass is 349 g/mol. The van der Waals surface area contributed by atoms with Gasteiger partial charge in [-0.2, -0.15) is 0 Å². The predicted octanol–water partition coefficient (Wildman–Crippen LogP) is 3.50. The normalized spacial score (nSPS) is 14.7. The van der Waals surface area contributed by atoms with Gasteiger partial charge < -0.3 is 14.8 Å². The van der Waals surface area contributed by atoms with E-state index in [-0.39, 0.29) is 24.5 Å². The molecular formula is C19H24FNO4. The van der Waals surface area contributed by atoms with Gasteiger partial charge in [-0.1, -0.05) is 6.07 Å². The molecule has 2 rings (SSSR count). The fourth-order valence-corrected chi connectivity index (χ4v) is 2.47. The minimum atomic E-state index is -0.612. The Morgan fingerprint density at radius 1 is 1.28 bits per heavy atom. The van der Waals surface area contributed by atoms with E-state index >= 15 is 0 Å². The number of carbonyl (C=O) groups is 2. The van der Waals surface area contributed by atoms with Crippen molar-refractivity contribution < 1.29 is 23.5 Å². The Bertz CT molecular complexity index is 676. The molecule has 0 saturated carbocycles. The van der Waals surface area contributed by atoms with Crippen LogP contribution in [0, 0.1) is 0 Å². The summed E-state index contributed by atoms with van der Waals surface area (Å²) in [6, 6.07) is 5.57. The zero-order valence-electron chi connectivity index (χ0n) is 14.9. The largest absolute Gasteiger partial charge is 0.489 e. The van der Waals surface area contributed by atoms with E-state index in [1.807, 2.05) is 18.2 Å². The van der Waals surface area contributed by atoms with Crippen molar-refractivity contribution in [1.82, 2.24) is 5.32 Å². The third kappa shape index (κ3) is 6.21. The average Bonchev–Trinajstić information content (AvgIpc) is 2.53. The SMILES string of the molecule is CC(C)(C)OC(=O)NC/C(=C/F)COc1ccc2c(c1)CC(=O)CC2. The first-order valence-corrected chi connectivity index (χ1v) is 8.28. The summed E-state index contributed by atoms with van der Waals surface area (Å²) >= 11 is 0. The maximum absolute atomic E-state index is 13.0. The first-order valence-electron chi connectivity index (χ1n) is 8.28. The Labute approximate surface area is 147 Å². The standard InChI is InChI=1S/C19H24FNO4/c1-19(2,3)25-18(23)21-11-13(10-20)12-24-17-7-5-14-4-6-16(22)8-15(14)9-17/h5,7,9-10H,4,6,8,11-12H2,1-3H3,(H,21,23)/b13-10-. The van der Waals surface area contributed by atoms with E-state index in [1.165, 1.54) is 0 Å². The minimum absolute atomic E-state index is 0.000961. The van der Waals surface area contributed by atoms with Crippen molar-refractivity contribution in [3.05, 3.63) is 41.2 Å². The van der Waals surface area contributed by atoms with Gasteiger partial charge in [0.15, 0.2) is 0 Å². The molecular weight excluding hydrogens is 325 g/mol. The lowest BCUT2D eigenvalue weighted by atomic mass is 9.91. The minimum Gasteiger partial charge on any atom is -0.489 e. The molecule has 0 unspecified atom stereocenters. The second-order valence-corrected chi connectivity index (χ2v) is 7.06. The predicted molar refractivity (Wildman–Crippen MR) is 92.4 cm³/mol. The van der Waals surface area contributed by atoms with E-state index in [9.17, 15) is 14.0 Å². The number of halogens is 1. The van der Waals surface area contributed by atoms with Crippen LogP contribution in [0.5, 0.6) is 5.75 Å². The van der Waals surface area contributed by atoms with Crippen molar-refractivity contribution in [2.75, 3.05) is 13.2 Å². The van der Waals surface area contributed by atoms with Gasteiger partial charge in [-0.15, -0.1) is 0 Å². The Morgan fingerprint density at radius 3 is 2.72 bits per heavy atom. The highest BCUT2D eigenvalue weighted by molar-refractivity contribution is 5.83. The average molecular weight is 349 g/mol. The Morgan fingerprint density at radius 2 is 2.04 bits per heavy atom. The van der Waals surface area contributed by atoms with Gasteiger partial charge in [0.2, 0.25) is 0 Å². The van der Waals surface area contributed by atoms with Crippen LogP contribution in [0.2, 0.25) is 0 Å². The van der Waals surface area contributed by atoms with Crippen LogP contribution in [0.25, 0.3) is 0 Å². The molecule has 1 aromatic carbocycles. The van der Waals surface area contributed by atoms with Crippen molar-refractivity contribution in [1.29, 1.82) is 0 Å². The number of amides is 1. The smallest absolute Gasteiger partial charge is 0.407 e. The van der Waals surface area contributed by atoms with E-state index in [0.717, 1.165) is 17.5 Å². The van der Waals surface area contributed by atoms with Crippen molar-refractivity contribution in [2.24, 2.45) is 0 Å². The van der Waals surface area contributed by atoms with Crippen LogP contribution in [-0.4, -0.2) is 30.6 Å². The number of rotatable bonds is 5. The lowest BCUT2D eigenvalue weighted by Gasteiger charge is -2.20. The highest BCUT2D eigenvalue weighted by Crippen LogP contribution is 2.24. The summed E-state index contributed by atoms with van der Waals surface area (Å²) in [5, 5.41) is 2.49. The number of ether oxygens (including phenoxy) is 2. The van der Waals surface area contributed by atoms with Crippen molar-refractivity contribution in [3.8, 4) is 5.75 Å². The van der Waals surface area contributed by atoms with Gasteiger partial charge in [0, 0.05) is 25.0 Å². The molecule has 25 heavy (non-hydrogen) atoms. The number of ketones is 1. The maximum Gasteiger partial charge on any atom is 0.407 e. The molecule has 0 radical (unpaired) electrons. The number of hydrogen-bond acceptors (Lipinski definition) is 4. The molecule has 0 aliphatic heterocycles. The van der Waals surface area contributed by atoms with Gasteiger partial charge >= 0.3 is 6.09 Å². The molecule has 0 fully saturated rings. The fraction of sp³-hybridized carbons (Fsp3) is 0.474. The molecule has 1 N–H and O–H groups in total. The van der Waals surface area contributed by atoms with Crippen LogP contribution in [0.15, 0.2) is 30.1 Å². The fourth-order valence-electron chi connectivity index (χ4n) is 2.47. The summed E-state index contributed by atoms with van der Waals surface area (Å²) in [6.45, 7) is 5.25. The van der Waals surface area contributed by atoms with E-state index in [2.05, 4.69) is 5.32 Å². The van der Waals surface area contributed by atoms with Gasteiger partial charge in [0.05, 0.1) is 6.33 Å². The molecule has 0 spiro atoms. The molecule has 0 bridgehead atoms. The molecule has 0 heterocycles. The molecule has 0 aromatic heterocycles. The Kier molecular flexibility index (Phi) is 6.17. The second-order valence-electron chi connectivity index (χ2n) is 7.06. The maximum atomic E-state index is 13.0. The lowest BCUT2D eigenvalue weighted by Crippen LogP contribution is -2.34. The number of carbonyl (C=O) groups excluding carboxylic acids is 2. The zero-order chi connectivity index (χ0) is 18.4. The van der Waals surface area contributed by atoms with Gasteiger partial charge in [-0.25, -0.2) is 9.18 Å². The van der Waals surface area contributed by atoms with E-state index in [4.69, 9.17) is 9.47 Å². The van der Waals surface area contributed by atoms with Gasteiger partial charge in [0.1, 0.15) is 23.7 Å². The third-order valence-electron chi connectivity index (χ3n) is 3.68. The molecule has 5 nitrogen and oxygen atoms in total. The molecule has 1 amide bonds. The third-order valence-corrected chi connectivity index (χ3v) is 3.68. The van der Waals surface area contributed by atoms with Crippen molar-refractivity contribution in [2.45, 2.75) is 45.6 Å². The second kappa shape index (κ2) is 8.14. The Hall–Kier alpha value is -2.37. The van der Waals surface area contributed by atoms with Crippen LogP contribution in [0.4, 0.5) is 9.18 Å². The zero-order valence-corrected chi connectivity index (χ0v) is 14.9. The first kappa shape index (κ1) is 19.0. The van der Waals surface area contributed by atoms with Crippen LogP contribution < -0.4 is 10.1 Å². The number of aryl methyl sites for hydroxylation is 1. The number of nitrogens with one attached hydrogen (secondary N) is 1. The topological polar surface area (TPSA) is 64.6 Å². The molecule has 0 saturated heterocycles. The molecule has 6 heteroatoms.